The number of benzene rings is 2. The molecule has 10 heteroatoms. The molecule has 0 saturated carbocycles. The van der Waals surface area contributed by atoms with Gasteiger partial charge in [-0.2, -0.15) is 0 Å². The molecule has 3 aromatic rings. The van der Waals surface area contributed by atoms with Gasteiger partial charge in [-0.05, 0) is 76.1 Å². The molecule has 0 bridgehead atoms. The number of amides is 1. The van der Waals surface area contributed by atoms with Gasteiger partial charge in [-0.3, -0.25) is 14.2 Å². The van der Waals surface area contributed by atoms with E-state index < -0.39 is 6.04 Å². The fourth-order valence-corrected chi connectivity index (χ4v) is 6.00. The van der Waals surface area contributed by atoms with Crippen molar-refractivity contribution in [2.24, 2.45) is 4.99 Å². The minimum Gasteiger partial charge on any atom is -0.493 e. The number of thiazole rings is 1. The van der Waals surface area contributed by atoms with Crippen LogP contribution in [-0.2, 0) is 4.79 Å². The zero-order valence-corrected chi connectivity index (χ0v) is 25.1. The quantitative estimate of drug-likeness (QED) is 0.363. The Kier molecular flexibility index (Phi) is 8.89. The van der Waals surface area contributed by atoms with E-state index in [-0.39, 0.29) is 17.6 Å². The number of fused-ring (bicyclic) bond motifs is 1. The van der Waals surface area contributed by atoms with Crippen molar-refractivity contribution < 1.29 is 14.3 Å². The van der Waals surface area contributed by atoms with E-state index in [0.717, 1.165) is 5.56 Å². The Hall–Kier alpha value is -3.07. The number of methoxy groups -OCH3 is 1. The van der Waals surface area contributed by atoms with Gasteiger partial charge in [0.1, 0.15) is 0 Å². The number of carbonyl (C=O) groups is 1. The van der Waals surface area contributed by atoms with Crippen molar-refractivity contribution >= 4 is 46.5 Å². The highest BCUT2D eigenvalue weighted by Crippen LogP contribution is 2.37. The Morgan fingerprint density at radius 1 is 1.18 bits per heavy atom. The summed E-state index contributed by atoms with van der Waals surface area (Å²) in [6, 6.07) is 10.1. The van der Waals surface area contributed by atoms with Crippen molar-refractivity contribution in [3.05, 3.63) is 88.5 Å². The molecular weight excluding hydrogens is 557 g/mol. The number of allylic oxidation sites excluding steroid dienone is 1. The molecule has 0 saturated heterocycles. The van der Waals surface area contributed by atoms with E-state index in [4.69, 9.17) is 37.7 Å². The van der Waals surface area contributed by atoms with Crippen LogP contribution in [0.3, 0.4) is 0 Å². The summed E-state index contributed by atoms with van der Waals surface area (Å²) < 4.78 is 13.4. The van der Waals surface area contributed by atoms with Crippen LogP contribution in [0.4, 0.5) is 0 Å². The number of nitrogens with zero attached hydrogens (tertiary/aromatic N) is 3. The van der Waals surface area contributed by atoms with Gasteiger partial charge >= 0.3 is 0 Å². The van der Waals surface area contributed by atoms with Crippen molar-refractivity contribution in [2.75, 3.05) is 20.2 Å². The fraction of sp³-hybridized carbons (Fsp3) is 0.345. The highest BCUT2D eigenvalue weighted by atomic mass is 35.5. The topological polar surface area (TPSA) is 73.1 Å². The second kappa shape index (κ2) is 12.0. The fourth-order valence-electron chi connectivity index (χ4n) is 4.56. The molecule has 206 valence electrons. The van der Waals surface area contributed by atoms with Crippen LogP contribution in [0, 0.1) is 0 Å². The minimum absolute atomic E-state index is 0.0877. The third kappa shape index (κ3) is 5.78. The average molecular weight is 589 g/mol. The van der Waals surface area contributed by atoms with Gasteiger partial charge < -0.3 is 14.4 Å². The summed E-state index contributed by atoms with van der Waals surface area (Å²) in [6.45, 7) is 10.6. The number of halogens is 2. The third-order valence-electron chi connectivity index (χ3n) is 6.39. The molecular formula is C29H31Cl2N3O4S. The molecule has 1 aromatic heterocycles. The van der Waals surface area contributed by atoms with Crippen LogP contribution >= 0.6 is 34.5 Å². The SMILES string of the molecule is CCN(CC)C(=O)C1=C(C)N=c2s/c(=C/c3cc(Cl)c(OC(C)C)c(OC)c3)c(=O)n2[C@H]1c1ccc(Cl)cc1. The Morgan fingerprint density at radius 3 is 2.44 bits per heavy atom. The predicted molar refractivity (Wildman–Crippen MR) is 157 cm³/mol. The first-order valence-corrected chi connectivity index (χ1v) is 14.3. The summed E-state index contributed by atoms with van der Waals surface area (Å²) in [6.07, 6.45) is 1.66. The van der Waals surface area contributed by atoms with E-state index >= 15 is 0 Å². The normalized spacial score (nSPS) is 15.3. The van der Waals surface area contributed by atoms with Crippen LogP contribution in [0.25, 0.3) is 6.08 Å². The molecule has 0 radical (unpaired) electrons. The molecule has 1 atom stereocenters. The van der Waals surface area contributed by atoms with Crippen LogP contribution in [0.2, 0.25) is 10.0 Å². The van der Waals surface area contributed by atoms with Crippen LogP contribution in [-0.4, -0.2) is 41.7 Å². The Morgan fingerprint density at radius 2 is 1.85 bits per heavy atom. The first-order chi connectivity index (χ1) is 18.6. The van der Waals surface area contributed by atoms with Crippen molar-refractivity contribution in [2.45, 2.75) is 46.8 Å². The van der Waals surface area contributed by atoms with Crippen LogP contribution < -0.4 is 24.4 Å². The zero-order chi connectivity index (χ0) is 28.4. The first-order valence-electron chi connectivity index (χ1n) is 12.7. The van der Waals surface area contributed by atoms with Crippen molar-refractivity contribution in [3.8, 4) is 11.5 Å². The molecule has 4 rings (SSSR count). The standard InChI is InChI=1S/C29H31Cl2N3O4S/c1-7-33(8-2)28(36)24-17(5)32-29-34(25(24)19-9-11-20(30)12-10-19)27(35)23(39-29)15-18-13-21(31)26(38-16(3)4)22(14-18)37-6/h9-16,25H,7-8H2,1-6H3/b23-15+/t25-/m0/s1. The largest absolute Gasteiger partial charge is 0.493 e. The number of rotatable bonds is 8. The molecule has 0 N–H and O–H groups in total. The maximum Gasteiger partial charge on any atom is 0.271 e. The molecule has 0 unspecified atom stereocenters. The molecule has 1 aliphatic heterocycles. The second-order valence-corrected chi connectivity index (χ2v) is 11.2. The van der Waals surface area contributed by atoms with Gasteiger partial charge in [0.25, 0.3) is 11.5 Å². The number of ether oxygens (including phenoxy) is 2. The molecule has 1 amide bonds. The van der Waals surface area contributed by atoms with E-state index in [2.05, 4.69) is 0 Å². The van der Waals surface area contributed by atoms with Gasteiger partial charge in [-0.15, -0.1) is 0 Å². The smallest absolute Gasteiger partial charge is 0.271 e. The van der Waals surface area contributed by atoms with Gasteiger partial charge in [0, 0.05) is 18.1 Å². The summed E-state index contributed by atoms with van der Waals surface area (Å²) in [5.41, 5.74) is 2.25. The molecule has 0 spiro atoms. The van der Waals surface area contributed by atoms with Gasteiger partial charge in [0.2, 0.25) is 0 Å². The van der Waals surface area contributed by atoms with Crippen LogP contribution in [0.15, 0.2) is 57.5 Å². The van der Waals surface area contributed by atoms with E-state index in [9.17, 15) is 9.59 Å². The molecule has 2 aromatic carbocycles. The Balaban J connectivity index is 1.92. The van der Waals surface area contributed by atoms with E-state index in [1.807, 2.05) is 46.8 Å². The average Bonchev–Trinajstić information content (AvgIpc) is 3.19. The highest BCUT2D eigenvalue weighted by molar-refractivity contribution is 7.07. The third-order valence-corrected chi connectivity index (χ3v) is 7.91. The monoisotopic (exact) mass is 587 g/mol. The lowest BCUT2D eigenvalue weighted by atomic mass is 9.94. The Labute approximate surface area is 241 Å². The number of hydrogen-bond acceptors (Lipinski definition) is 6. The number of likely N-dealkylation sites (N-methyl/N-ethyl adjacent to an activating group) is 1. The highest BCUT2D eigenvalue weighted by Gasteiger charge is 2.34. The molecule has 2 heterocycles. The van der Waals surface area contributed by atoms with E-state index in [0.29, 0.717) is 60.8 Å². The maximum atomic E-state index is 13.9. The maximum absolute atomic E-state index is 13.9. The second-order valence-electron chi connectivity index (χ2n) is 9.31. The zero-order valence-electron chi connectivity index (χ0n) is 22.7. The van der Waals surface area contributed by atoms with Gasteiger partial charge in [-0.25, -0.2) is 4.99 Å². The molecule has 0 aliphatic carbocycles. The summed E-state index contributed by atoms with van der Waals surface area (Å²) >= 11 is 14.0. The van der Waals surface area contributed by atoms with Gasteiger partial charge in [0.15, 0.2) is 16.3 Å². The molecule has 7 nitrogen and oxygen atoms in total. The summed E-state index contributed by atoms with van der Waals surface area (Å²) in [4.78, 5) is 34.6. The number of hydrogen-bond donors (Lipinski definition) is 0. The molecule has 0 fully saturated rings. The number of aromatic nitrogens is 1. The Bertz CT molecular complexity index is 1600. The predicted octanol–water partition coefficient (Wildman–Crippen LogP) is 5.21. The van der Waals surface area contributed by atoms with Crippen LogP contribution in [0.5, 0.6) is 11.5 Å². The summed E-state index contributed by atoms with van der Waals surface area (Å²) in [7, 11) is 1.54. The van der Waals surface area contributed by atoms with Crippen molar-refractivity contribution in [1.82, 2.24) is 9.47 Å². The lowest BCUT2D eigenvalue weighted by Crippen LogP contribution is -2.43. The van der Waals surface area contributed by atoms with Crippen molar-refractivity contribution in [1.29, 1.82) is 0 Å². The van der Waals surface area contributed by atoms with E-state index in [1.165, 1.54) is 11.3 Å². The lowest BCUT2D eigenvalue weighted by Gasteiger charge is -2.29. The summed E-state index contributed by atoms with van der Waals surface area (Å²) in [5, 5.41) is 0.947. The van der Waals surface area contributed by atoms with Crippen LogP contribution in [0.1, 0.15) is 51.8 Å². The lowest BCUT2D eigenvalue weighted by molar-refractivity contribution is -0.127. The van der Waals surface area contributed by atoms with E-state index in [1.54, 1.807) is 46.9 Å². The molecule has 39 heavy (non-hydrogen) atoms. The van der Waals surface area contributed by atoms with Gasteiger partial charge in [-0.1, -0.05) is 46.7 Å². The van der Waals surface area contributed by atoms with Crippen molar-refractivity contribution in [3.63, 3.8) is 0 Å². The minimum atomic E-state index is -0.645. The van der Waals surface area contributed by atoms with Gasteiger partial charge in [0.05, 0.1) is 40.1 Å². The first kappa shape index (κ1) is 28.9. The summed E-state index contributed by atoms with van der Waals surface area (Å²) in [5.74, 6) is 0.774. The molecule has 1 aliphatic rings. The number of carbonyl (C=O) groups excluding carboxylic acids is 1.